The zero-order valence-corrected chi connectivity index (χ0v) is 5.80. The van der Waals surface area contributed by atoms with Crippen LogP contribution in [0, 0.1) is 0 Å². The molecule has 0 rings (SSSR count). The minimum absolute atomic E-state index is 0.0465. The van der Waals surface area contributed by atoms with Crippen molar-refractivity contribution in [2.75, 3.05) is 13.2 Å². The molecule has 1 unspecified atom stereocenters. The zero-order valence-electron chi connectivity index (χ0n) is 5.80. The Hall–Kier alpha value is -0.120. The van der Waals surface area contributed by atoms with E-state index in [1.54, 1.807) is 0 Å². The molecule has 3 nitrogen and oxygen atoms in total. The van der Waals surface area contributed by atoms with E-state index in [0.29, 0.717) is 12.8 Å². The second-order valence-corrected chi connectivity index (χ2v) is 2.35. The highest BCUT2D eigenvalue weighted by molar-refractivity contribution is 4.80. The molecule has 0 heterocycles. The first-order chi connectivity index (χ1) is 4.18. The molecule has 0 fully saturated rings. The molecule has 4 N–H and O–H groups in total. The minimum Gasteiger partial charge on any atom is -0.396 e. The Morgan fingerprint density at radius 1 is 1.44 bits per heavy atom. The summed E-state index contributed by atoms with van der Waals surface area (Å²) in [6, 6.07) is 0. The molecule has 0 amide bonds. The molecular formula is C6H15NO2. The Kier molecular flexibility index (Phi) is 3.77. The summed E-state index contributed by atoms with van der Waals surface area (Å²) in [4.78, 5) is 0. The van der Waals surface area contributed by atoms with E-state index in [4.69, 9.17) is 15.9 Å². The molecule has 3 heteroatoms. The van der Waals surface area contributed by atoms with Gasteiger partial charge < -0.3 is 15.9 Å². The Morgan fingerprint density at radius 2 is 2.00 bits per heavy atom. The van der Waals surface area contributed by atoms with Gasteiger partial charge in [0.1, 0.15) is 0 Å². The molecule has 0 aromatic heterocycles. The molecule has 9 heavy (non-hydrogen) atoms. The van der Waals surface area contributed by atoms with Crippen molar-refractivity contribution >= 4 is 0 Å². The maximum Gasteiger partial charge on any atom is 0.0611 e. The van der Waals surface area contributed by atoms with Crippen LogP contribution in [0.4, 0.5) is 0 Å². The number of hydrogen-bond acceptors (Lipinski definition) is 3. The summed E-state index contributed by atoms with van der Waals surface area (Å²) >= 11 is 0. The molecule has 1 atom stereocenters. The van der Waals surface area contributed by atoms with Crippen LogP contribution in [0.1, 0.15) is 19.8 Å². The summed E-state index contributed by atoms with van der Waals surface area (Å²) in [6.45, 7) is 1.89. The Morgan fingerprint density at radius 3 is 2.11 bits per heavy atom. The standard InChI is InChI=1S/C6H15NO2/c1-2-6(7,5-9)3-4-8/h8-9H,2-5,7H2,1H3. The van der Waals surface area contributed by atoms with Crippen LogP contribution >= 0.6 is 0 Å². The molecule has 0 saturated carbocycles. The van der Waals surface area contributed by atoms with Crippen molar-refractivity contribution in [3.8, 4) is 0 Å². The molecule has 0 aliphatic rings. The topological polar surface area (TPSA) is 66.5 Å². The lowest BCUT2D eigenvalue weighted by Crippen LogP contribution is -2.43. The molecule has 56 valence electrons. The maximum absolute atomic E-state index is 8.68. The van der Waals surface area contributed by atoms with Gasteiger partial charge in [-0.25, -0.2) is 0 Å². The van der Waals surface area contributed by atoms with Crippen LogP contribution in [0.25, 0.3) is 0 Å². The Bertz CT molecular complexity index is 71.5. The predicted molar refractivity (Wildman–Crippen MR) is 36.0 cm³/mol. The fourth-order valence-electron chi connectivity index (χ4n) is 0.590. The van der Waals surface area contributed by atoms with Gasteiger partial charge in [0, 0.05) is 12.1 Å². The van der Waals surface area contributed by atoms with E-state index < -0.39 is 5.54 Å². The summed E-state index contributed by atoms with van der Waals surface area (Å²) < 4.78 is 0. The number of rotatable bonds is 4. The zero-order chi connectivity index (χ0) is 7.33. The van der Waals surface area contributed by atoms with Gasteiger partial charge in [-0.15, -0.1) is 0 Å². The van der Waals surface area contributed by atoms with Crippen LogP contribution in [-0.2, 0) is 0 Å². The third-order valence-electron chi connectivity index (χ3n) is 1.63. The number of nitrogens with two attached hydrogens (primary N) is 1. The summed E-state index contributed by atoms with van der Waals surface area (Å²) in [7, 11) is 0. The first kappa shape index (κ1) is 8.88. The Labute approximate surface area is 55.5 Å². The van der Waals surface area contributed by atoms with Gasteiger partial charge >= 0.3 is 0 Å². The number of aliphatic hydroxyl groups is 2. The van der Waals surface area contributed by atoms with Crippen LogP contribution < -0.4 is 5.73 Å². The third-order valence-corrected chi connectivity index (χ3v) is 1.63. The SMILES string of the molecule is CCC(N)(CO)CCO. The van der Waals surface area contributed by atoms with E-state index in [1.165, 1.54) is 0 Å². The highest BCUT2D eigenvalue weighted by Crippen LogP contribution is 2.08. The maximum atomic E-state index is 8.68. The minimum atomic E-state index is -0.561. The van der Waals surface area contributed by atoms with Crippen LogP contribution in [0.2, 0.25) is 0 Å². The van der Waals surface area contributed by atoms with Crippen molar-refractivity contribution in [2.24, 2.45) is 5.73 Å². The van der Waals surface area contributed by atoms with Crippen LogP contribution in [0.15, 0.2) is 0 Å². The average molecular weight is 133 g/mol. The van der Waals surface area contributed by atoms with Crippen molar-refractivity contribution in [1.29, 1.82) is 0 Å². The number of hydrogen-bond donors (Lipinski definition) is 3. The quantitative estimate of drug-likeness (QED) is 0.483. The first-order valence-electron chi connectivity index (χ1n) is 3.19. The third kappa shape index (κ3) is 2.79. The van der Waals surface area contributed by atoms with Crippen molar-refractivity contribution < 1.29 is 10.2 Å². The summed E-state index contributed by atoms with van der Waals surface area (Å²) in [6.07, 6.45) is 1.17. The lowest BCUT2D eigenvalue weighted by atomic mass is 9.95. The molecule has 0 aliphatic heterocycles. The van der Waals surface area contributed by atoms with E-state index in [-0.39, 0.29) is 13.2 Å². The van der Waals surface area contributed by atoms with Crippen molar-refractivity contribution in [3.63, 3.8) is 0 Å². The molecule has 0 saturated heterocycles. The molecule has 0 radical (unpaired) electrons. The second-order valence-electron chi connectivity index (χ2n) is 2.35. The highest BCUT2D eigenvalue weighted by atomic mass is 16.3. The van der Waals surface area contributed by atoms with E-state index in [0.717, 1.165) is 0 Å². The molecule has 0 aromatic carbocycles. The van der Waals surface area contributed by atoms with Gasteiger partial charge in [0.25, 0.3) is 0 Å². The van der Waals surface area contributed by atoms with Gasteiger partial charge in [-0.05, 0) is 12.8 Å². The van der Waals surface area contributed by atoms with Crippen molar-refractivity contribution in [2.45, 2.75) is 25.3 Å². The molecule has 0 aromatic rings. The van der Waals surface area contributed by atoms with E-state index in [1.807, 2.05) is 6.92 Å². The summed E-state index contributed by atoms with van der Waals surface area (Å²) in [5.74, 6) is 0. The summed E-state index contributed by atoms with van der Waals surface area (Å²) in [5, 5.41) is 17.2. The molecule has 0 bridgehead atoms. The van der Waals surface area contributed by atoms with Gasteiger partial charge in [0.2, 0.25) is 0 Å². The monoisotopic (exact) mass is 133 g/mol. The largest absolute Gasteiger partial charge is 0.396 e. The fourth-order valence-corrected chi connectivity index (χ4v) is 0.590. The van der Waals surface area contributed by atoms with E-state index in [2.05, 4.69) is 0 Å². The normalized spacial score (nSPS) is 17.3. The Balaban J connectivity index is 3.62. The lowest BCUT2D eigenvalue weighted by Gasteiger charge is -2.23. The highest BCUT2D eigenvalue weighted by Gasteiger charge is 2.19. The van der Waals surface area contributed by atoms with E-state index in [9.17, 15) is 0 Å². The molecule has 0 aliphatic carbocycles. The first-order valence-corrected chi connectivity index (χ1v) is 3.19. The van der Waals surface area contributed by atoms with Crippen LogP contribution in [0.3, 0.4) is 0 Å². The van der Waals surface area contributed by atoms with Crippen LogP contribution in [0.5, 0.6) is 0 Å². The van der Waals surface area contributed by atoms with Gasteiger partial charge in [-0.3, -0.25) is 0 Å². The van der Waals surface area contributed by atoms with Gasteiger partial charge in [-0.1, -0.05) is 6.92 Å². The molecule has 0 spiro atoms. The fraction of sp³-hybridized carbons (Fsp3) is 1.00. The van der Waals surface area contributed by atoms with E-state index >= 15 is 0 Å². The van der Waals surface area contributed by atoms with Gasteiger partial charge in [0.15, 0.2) is 0 Å². The molecular weight excluding hydrogens is 118 g/mol. The van der Waals surface area contributed by atoms with Crippen molar-refractivity contribution in [1.82, 2.24) is 0 Å². The van der Waals surface area contributed by atoms with Crippen molar-refractivity contribution in [3.05, 3.63) is 0 Å². The second kappa shape index (κ2) is 3.82. The van der Waals surface area contributed by atoms with Crippen LogP contribution in [-0.4, -0.2) is 29.0 Å². The predicted octanol–water partition coefficient (Wildman–Crippen LogP) is -0.531. The summed E-state index contributed by atoms with van der Waals surface area (Å²) in [5.41, 5.74) is 5.04. The number of aliphatic hydroxyl groups excluding tert-OH is 2. The average Bonchev–Trinajstić information content (AvgIpc) is 1.89. The smallest absolute Gasteiger partial charge is 0.0611 e. The lowest BCUT2D eigenvalue weighted by molar-refractivity contribution is 0.152. The van der Waals surface area contributed by atoms with Gasteiger partial charge in [-0.2, -0.15) is 0 Å². The van der Waals surface area contributed by atoms with Gasteiger partial charge in [0.05, 0.1) is 6.61 Å².